The Labute approximate surface area is 130 Å². The third-order valence-electron chi connectivity index (χ3n) is 2.91. The Morgan fingerprint density at radius 2 is 1.90 bits per heavy atom. The van der Waals surface area contributed by atoms with Gasteiger partial charge in [0.1, 0.15) is 9.20 Å². The third-order valence-corrected chi connectivity index (χ3v) is 6.33. The van der Waals surface area contributed by atoms with E-state index in [-0.39, 0.29) is 9.20 Å². The van der Waals surface area contributed by atoms with Crippen LogP contribution in [0, 0.1) is 0 Å². The lowest BCUT2D eigenvalue weighted by atomic mass is 10.1. The van der Waals surface area contributed by atoms with E-state index in [0.717, 1.165) is 24.2 Å². The van der Waals surface area contributed by atoms with Crippen LogP contribution < -0.4 is 10.5 Å². The summed E-state index contributed by atoms with van der Waals surface area (Å²) in [4.78, 5) is 0.854. The van der Waals surface area contributed by atoms with E-state index in [4.69, 9.17) is 18.0 Å². The Morgan fingerprint density at radius 3 is 2.50 bits per heavy atom. The second-order valence-electron chi connectivity index (χ2n) is 4.65. The highest BCUT2D eigenvalue weighted by Gasteiger charge is 2.16. The number of rotatable bonds is 10. The van der Waals surface area contributed by atoms with Gasteiger partial charge in [0.2, 0.25) is 10.0 Å². The molecule has 7 heteroatoms. The molecule has 0 aliphatic carbocycles. The smallest absolute Gasteiger partial charge is 0.250 e. The molecule has 0 saturated carbocycles. The van der Waals surface area contributed by atoms with Crippen LogP contribution in [-0.4, -0.2) is 20.0 Å². The van der Waals surface area contributed by atoms with Crippen LogP contribution in [-0.2, 0) is 10.0 Å². The molecule has 1 rings (SSSR count). The van der Waals surface area contributed by atoms with Gasteiger partial charge >= 0.3 is 0 Å². The van der Waals surface area contributed by atoms with E-state index in [0.29, 0.717) is 11.4 Å². The highest BCUT2D eigenvalue weighted by atomic mass is 32.2. The summed E-state index contributed by atoms with van der Waals surface area (Å²) in [6.45, 7) is 2.66. The molecule has 0 saturated heterocycles. The summed E-state index contributed by atoms with van der Waals surface area (Å²) in [5.74, 6) is 0. The van der Waals surface area contributed by atoms with E-state index in [1.165, 1.54) is 25.7 Å². The lowest BCUT2D eigenvalue weighted by Gasteiger charge is -2.04. The Morgan fingerprint density at radius 1 is 1.25 bits per heavy atom. The van der Waals surface area contributed by atoms with Crippen molar-refractivity contribution in [2.45, 2.75) is 49.7 Å². The van der Waals surface area contributed by atoms with E-state index in [1.54, 1.807) is 12.1 Å². The zero-order valence-corrected chi connectivity index (χ0v) is 14.2. The lowest BCUT2D eigenvalue weighted by Crippen LogP contribution is -2.24. The first-order chi connectivity index (χ1) is 9.47. The summed E-state index contributed by atoms with van der Waals surface area (Å²) in [6, 6.07) is 3.19. The van der Waals surface area contributed by atoms with Crippen molar-refractivity contribution < 1.29 is 8.42 Å². The second-order valence-corrected chi connectivity index (χ2v) is 8.17. The SMILES string of the molecule is CCCCCCCCNS(=O)(=O)c1ccc(C(N)=S)s1. The molecule has 0 aromatic carbocycles. The van der Waals surface area contributed by atoms with Crippen molar-refractivity contribution in [3.05, 3.63) is 17.0 Å². The van der Waals surface area contributed by atoms with Gasteiger partial charge in [-0.3, -0.25) is 0 Å². The molecule has 0 bridgehead atoms. The summed E-state index contributed by atoms with van der Waals surface area (Å²) < 4.78 is 26.9. The van der Waals surface area contributed by atoms with E-state index < -0.39 is 10.0 Å². The highest BCUT2D eigenvalue weighted by molar-refractivity contribution is 7.91. The molecule has 0 aliphatic rings. The van der Waals surface area contributed by atoms with Crippen LogP contribution in [0.15, 0.2) is 16.3 Å². The summed E-state index contributed by atoms with van der Waals surface area (Å²) >= 11 is 5.93. The van der Waals surface area contributed by atoms with E-state index in [9.17, 15) is 8.42 Å². The largest absolute Gasteiger partial charge is 0.389 e. The molecule has 0 atom stereocenters. The van der Waals surface area contributed by atoms with Crippen molar-refractivity contribution in [3.63, 3.8) is 0 Å². The molecule has 114 valence electrons. The van der Waals surface area contributed by atoms with Crippen LogP contribution in [0.2, 0.25) is 0 Å². The number of sulfonamides is 1. The predicted molar refractivity (Wildman–Crippen MR) is 88.8 cm³/mol. The normalized spacial score (nSPS) is 11.7. The molecule has 1 aromatic heterocycles. The molecule has 0 spiro atoms. The van der Waals surface area contributed by atoms with Gasteiger partial charge < -0.3 is 5.73 Å². The minimum absolute atomic E-state index is 0.229. The second kappa shape index (κ2) is 8.71. The molecule has 0 amide bonds. The molecular weight excluding hydrogens is 312 g/mol. The molecular formula is C13H22N2O2S3. The average molecular weight is 335 g/mol. The standard InChI is InChI=1S/C13H22N2O2S3/c1-2-3-4-5-6-7-10-15-20(16,17)12-9-8-11(19-12)13(14)18/h8-9,15H,2-7,10H2,1H3,(H2,14,18). The fraction of sp³-hybridized carbons (Fsp3) is 0.615. The highest BCUT2D eigenvalue weighted by Crippen LogP contribution is 2.21. The number of thiocarbonyl (C=S) groups is 1. The van der Waals surface area contributed by atoms with Crippen LogP contribution in [0.25, 0.3) is 0 Å². The number of hydrogen-bond acceptors (Lipinski definition) is 4. The van der Waals surface area contributed by atoms with E-state index in [1.807, 2.05) is 0 Å². The zero-order valence-electron chi connectivity index (χ0n) is 11.7. The lowest BCUT2D eigenvalue weighted by molar-refractivity contribution is 0.569. The van der Waals surface area contributed by atoms with Crippen molar-refractivity contribution in [3.8, 4) is 0 Å². The summed E-state index contributed by atoms with van der Waals surface area (Å²) in [6.07, 6.45) is 6.80. The minimum Gasteiger partial charge on any atom is -0.389 e. The summed E-state index contributed by atoms with van der Waals surface area (Å²) in [7, 11) is -3.42. The van der Waals surface area contributed by atoms with Crippen molar-refractivity contribution in [1.82, 2.24) is 4.72 Å². The van der Waals surface area contributed by atoms with Crippen LogP contribution in [0.5, 0.6) is 0 Å². The van der Waals surface area contributed by atoms with Crippen LogP contribution in [0.3, 0.4) is 0 Å². The minimum atomic E-state index is -3.42. The molecule has 0 aliphatic heterocycles. The molecule has 4 nitrogen and oxygen atoms in total. The first kappa shape index (κ1) is 17.6. The summed E-state index contributed by atoms with van der Waals surface area (Å²) in [5.41, 5.74) is 5.48. The van der Waals surface area contributed by atoms with Crippen LogP contribution in [0.4, 0.5) is 0 Å². The maximum Gasteiger partial charge on any atom is 0.250 e. The molecule has 0 unspecified atom stereocenters. The van der Waals surface area contributed by atoms with Crippen LogP contribution >= 0.6 is 23.6 Å². The Bertz CT molecular complexity index is 523. The van der Waals surface area contributed by atoms with Gasteiger partial charge in [-0.15, -0.1) is 11.3 Å². The quantitative estimate of drug-likeness (QED) is 0.509. The maximum atomic E-state index is 12.0. The monoisotopic (exact) mass is 334 g/mol. The molecule has 1 aromatic rings. The number of unbranched alkanes of at least 4 members (excludes halogenated alkanes) is 5. The topological polar surface area (TPSA) is 72.2 Å². The van der Waals surface area contributed by atoms with Gasteiger partial charge in [-0.05, 0) is 18.6 Å². The van der Waals surface area contributed by atoms with Gasteiger partial charge in [0.25, 0.3) is 0 Å². The first-order valence-electron chi connectivity index (χ1n) is 6.86. The number of hydrogen-bond donors (Lipinski definition) is 2. The van der Waals surface area contributed by atoms with Gasteiger partial charge in [0.15, 0.2) is 0 Å². The van der Waals surface area contributed by atoms with Gasteiger partial charge in [-0.1, -0.05) is 51.2 Å². The number of thiophene rings is 1. The first-order valence-corrected chi connectivity index (χ1v) is 9.57. The molecule has 1 heterocycles. The third kappa shape index (κ3) is 5.87. The zero-order chi connectivity index (χ0) is 15.0. The average Bonchev–Trinajstić information content (AvgIpc) is 2.88. The van der Waals surface area contributed by atoms with Crippen molar-refractivity contribution in [2.24, 2.45) is 5.73 Å². The van der Waals surface area contributed by atoms with E-state index >= 15 is 0 Å². The van der Waals surface area contributed by atoms with Crippen molar-refractivity contribution in [2.75, 3.05) is 6.54 Å². The fourth-order valence-electron chi connectivity index (χ4n) is 1.78. The van der Waals surface area contributed by atoms with Gasteiger partial charge in [-0.25, -0.2) is 13.1 Å². The molecule has 20 heavy (non-hydrogen) atoms. The maximum absolute atomic E-state index is 12.0. The Balaban J connectivity index is 2.36. The molecule has 3 N–H and O–H groups in total. The van der Waals surface area contributed by atoms with Gasteiger partial charge in [-0.2, -0.15) is 0 Å². The predicted octanol–water partition coefficient (Wildman–Crippen LogP) is 3.02. The molecule has 0 fully saturated rings. The van der Waals surface area contributed by atoms with Crippen molar-refractivity contribution >= 4 is 38.6 Å². The van der Waals surface area contributed by atoms with Crippen molar-refractivity contribution in [1.29, 1.82) is 0 Å². The number of nitrogens with two attached hydrogens (primary N) is 1. The fourth-order valence-corrected chi connectivity index (χ4v) is 4.25. The van der Waals surface area contributed by atoms with Gasteiger partial charge in [0, 0.05) is 6.54 Å². The van der Waals surface area contributed by atoms with Crippen LogP contribution in [0.1, 0.15) is 50.3 Å². The Kier molecular flexibility index (Phi) is 7.65. The molecule has 0 radical (unpaired) electrons. The van der Waals surface area contributed by atoms with Gasteiger partial charge in [0.05, 0.1) is 4.88 Å². The Hall–Kier alpha value is -0.500. The summed E-state index contributed by atoms with van der Waals surface area (Å²) in [5, 5.41) is 0. The number of nitrogens with one attached hydrogen (secondary N) is 1. The van der Waals surface area contributed by atoms with E-state index in [2.05, 4.69) is 11.6 Å².